The maximum atomic E-state index is 12.5. The molecule has 0 radical (unpaired) electrons. The Hall–Kier alpha value is -1.14. The van der Waals surface area contributed by atoms with E-state index < -0.39 is 22.6 Å². The third-order valence-corrected chi connectivity index (χ3v) is 1.37. The Morgan fingerprint density at radius 2 is 1.77 bits per heavy atom. The summed E-state index contributed by atoms with van der Waals surface area (Å²) in [6, 6.07) is 0. The number of nitrogens with one attached hydrogen (secondary N) is 1. The van der Waals surface area contributed by atoms with E-state index in [1.54, 1.807) is 0 Å². The molecule has 1 N–H and O–H groups in total. The quantitative estimate of drug-likeness (QED) is 0.528. The first-order chi connectivity index (χ1) is 5.73. The van der Waals surface area contributed by atoms with Gasteiger partial charge in [-0.15, -0.1) is 17.7 Å². The van der Waals surface area contributed by atoms with Gasteiger partial charge in [0.1, 0.15) is 12.4 Å². The van der Waals surface area contributed by atoms with Crippen LogP contribution in [0.15, 0.2) is 12.4 Å². The predicted octanol–water partition coefficient (Wildman–Crippen LogP) is 1.89. The van der Waals surface area contributed by atoms with Crippen molar-refractivity contribution in [3.05, 3.63) is 18.2 Å². The van der Waals surface area contributed by atoms with Gasteiger partial charge >= 0.3 is 18.0 Å². The van der Waals surface area contributed by atoms with Gasteiger partial charge in [0.2, 0.25) is 0 Å². The fourth-order valence-electron chi connectivity index (χ4n) is 0.884. The highest BCUT2D eigenvalue weighted by atomic mass is 19.4. The summed E-state index contributed by atoms with van der Waals surface area (Å²) in [5.74, 6) is -4.72. The number of aromatic amines is 1. The molecule has 1 aromatic rings. The van der Waals surface area contributed by atoms with Crippen LogP contribution in [0, 0.1) is 0 Å². The number of H-pyrrole nitrogens is 1. The van der Waals surface area contributed by atoms with Crippen LogP contribution >= 0.6 is 0 Å². The second-order valence-electron chi connectivity index (χ2n) is 2.53. The Balaban J connectivity index is 3.19. The van der Waals surface area contributed by atoms with Gasteiger partial charge in [-0.2, -0.15) is 8.78 Å². The van der Waals surface area contributed by atoms with E-state index in [9.17, 15) is 22.0 Å². The first-order valence-electron chi connectivity index (χ1n) is 3.27. The van der Waals surface area contributed by atoms with Crippen molar-refractivity contribution in [1.29, 1.82) is 0 Å². The molecule has 0 aliphatic carbocycles. The summed E-state index contributed by atoms with van der Waals surface area (Å²) in [5.41, 5.74) is 0. The molecule has 2 nitrogen and oxygen atoms in total. The molecule has 7 heteroatoms. The van der Waals surface area contributed by atoms with Crippen molar-refractivity contribution in [3.63, 3.8) is 0 Å². The van der Waals surface area contributed by atoms with Crippen molar-refractivity contribution in [3.8, 4) is 0 Å². The third kappa shape index (κ3) is 1.96. The van der Waals surface area contributed by atoms with Gasteiger partial charge in [-0.05, 0) is 0 Å². The molecule has 0 unspecified atom stereocenters. The molecule has 1 aromatic heterocycles. The number of nitrogens with zero attached hydrogens (tertiary/aromatic N) is 1. The number of hydrogen-bond donors (Lipinski definition) is 1. The van der Waals surface area contributed by atoms with Crippen molar-refractivity contribution in [2.75, 3.05) is 0 Å². The van der Waals surface area contributed by atoms with Crippen molar-refractivity contribution in [1.82, 2.24) is 4.98 Å². The van der Waals surface area contributed by atoms with E-state index in [0.717, 1.165) is 6.20 Å². The second kappa shape index (κ2) is 2.68. The smallest absolute Gasteiger partial charge is 0.242 e. The van der Waals surface area contributed by atoms with E-state index in [2.05, 4.69) is 0 Å². The van der Waals surface area contributed by atoms with Crippen LogP contribution in [0.1, 0.15) is 12.7 Å². The molecule has 1 heterocycles. The zero-order chi connectivity index (χ0) is 10.3. The fraction of sp³-hybridized carbons (Fsp3) is 0.500. The summed E-state index contributed by atoms with van der Waals surface area (Å²) in [6.07, 6.45) is -3.51. The van der Waals surface area contributed by atoms with Crippen molar-refractivity contribution in [2.24, 2.45) is 0 Å². The van der Waals surface area contributed by atoms with Gasteiger partial charge in [0, 0.05) is 6.92 Å². The topological polar surface area (TPSA) is 19.7 Å². The average molecular weight is 201 g/mol. The van der Waals surface area contributed by atoms with Gasteiger partial charge in [0.15, 0.2) is 0 Å². The summed E-state index contributed by atoms with van der Waals surface area (Å²) in [7, 11) is 0. The number of imidazole rings is 1. The fourth-order valence-corrected chi connectivity index (χ4v) is 0.884. The van der Waals surface area contributed by atoms with Crippen LogP contribution in [-0.4, -0.2) is 4.98 Å². The first kappa shape index (κ1) is 9.94. The maximum Gasteiger partial charge on any atom is 0.567 e. The lowest BCUT2D eigenvalue weighted by Gasteiger charge is -2.08. The van der Waals surface area contributed by atoms with Crippen molar-refractivity contribution < 1.29 is 26.5 Å². The zero-order valence-electron chi connectivity index (χ0n) is 6.49. The molecule has 0 fully saturated rings. The molecule has 0 spiro atoms. The van der Waals surface area contributed by atoms with Crippen LogP contribution in [0.25, 0.3) is 0 Å². The number of hydrogen-bond acceptors (Lipinski definition) is 0. The standard InChI is InChI=1S/C6H5F5N2/c1-5(7,8)4-12-2-3-13(4)6(9,10)11/h2-3H,1H3/p+1. The third-order valence-electron chi connectivity index (χ3n) is 1.37. The van der Waals surface area contributed by atoms with Gasteiger partial charge < -0.3 is 0 Å². The van der Waals surface area contributed by atoms with Gasteiger partial charge in [0.05, 0.1) is 0 Å². The minimum absolute atomic E-state index is 0.390. The van der Waals surface area contributed by atoms with Crippen molar-refractivity contribution in [2.45, 2.75) is 19.1 Å². The monoisotopic (exact) mass is 201 g/mol. The SMILES string of the molecule is CC(F)(F)c1[nH]cc[n+]1C(F)(F)F. The van der Waals surface area contributed by atoms with E-state index in [-0.39, 0.29) is 0 Å². The van der Waals surface area contributed by atoms with Crippen LogP contribution in [0.3, 0.4) is 0 Å². The Morgan fingerprint density at radius 1 is 1.23 bits per heavy atom. The molecule has 13 heavy (non-hydrogen) atoms. The Bertz CT molecular complexity index is 266. The Kier molecular flexibility index (Phi) is 2.05. The molecular formula is C6H6F5N2+. The van der Waals surface area contributed by atoms with Gasteiger partial charge in [0.25, 0.3) is 0 Å². The largest absolute Gasteiger partial charge is 0.567 e. The molecule has 0 aliphatic heterocycles. The van der Waals surface area contributed by atoms with E-state index in [1.807, 2.05) is 4.98 Å². The first-order valence-corrected chi connectivity index (χ1v) is 3.27. The lowest BCUT2D eigenvalue weighted by atomic mass is 10.4. The molecule has 0 atom stereocenters. The van der Waals surface area contributed by atoms with Gasteiger partial charge in [-0.25, -0.2) is 4.98 Å². The van der Waals surface area contributed by atoms with Gasteiger partial charge in [-0.3, -0.25) is 0 Å². The van der Waals surface area contributed by atoms with E-state index in [0.29, 0.717) is 13.1 Å². The average Bonchev–Trinajstić information content (AvgIpc) is 2.27. The van der Waals surface area contributed by atoms with Gasteiger partial charge in [-0.1, -0.05) is 0 Å². The molecule has 0 aliphatic rings. The van der Waals surface area contributed by atoms with Crippen LogP contribution < -0.4 is 4.57 Å². The molecule has 0 bridgehead atoms. The molecule has 0 saturated heterocycles. The minimum Gasteiger partial charge on any atom is -0.242 e. The highest BCUT2D eigenvalue weighted by Crippen LogP contribution is 2.25. The zero-order valence-corrected chi connectivity index (χ0v) is 6.49. The highest BCUT2D eigenvalue weighted by molar-refractivity contribution is 4.86. The Morgan fingerprint density at radius 3 is 2.08 bits per heavy atom. The van der Waals surface area contributed by atoms with E-state index in [4.69, 9.17) is 0 Å². The summed E-state index contributed by atoms with van der Waals surface area (Å²) < 4.78 is 60.7. The number of rotatable bonds is 1. The van der Waals surface area contributed by atoms with Crippen LogP contribution in [0.2, 0.25) is 0 Å². The van der Waals surface area contributed by atoms with E-state index in [1.165, 1.54) is 0 Å². The highest BCUT2D eigenvalue weighted by Gasteiger charge is 2.47. The number of aromatic nitrogens is 2. The second-order valence-corrected chi connectivity index (χ2v) is 2.53. The molecule has 74 valence electrons. The lowest BCUT2D eigenvalue weighted by Crippen LogP contribution is -2.51. The summed E-state index contributed by atoms with van der Waals surface area (Å²) in [5, 5.41) is 0. The summed E-state index contributed by atoms with van der Waals surface area (Å²) >= 11 is 0. The van der Waals surface area contributed by atoms with Crippen LogP contribution in [0.5, 0.6) is 0 Å². The summed E-state index contributed by atoms with van der Waals surface area (Å²) in [6.45, 7) is 0.390. The molecular weight excluding hydrogens is 195 g/mol. The minimum atomic E-state index is -4.82. The summed E-state index contributed by atoms with van der Waals surface area (Å²) in [4.78, 5) is 1.85. The normalized spacial score (nSPS) is 13.4. The molecule has 0 aromatic carbocycles. The number of alkyl halides is 5. The lowest BCUT2D eigenvalue weighted by molar-refractivity contribution is -0.862. The Labute approximate surface area is 70.0 Å². The maximum absolute atomic E-state index is 12.5. The van der Waals surface area contributed by atoms with E-state index >= 15 is 0 Å². The molecule has 0 saturated carbocycles. The number of halogens is 5. The molecule has 0 amide bonds. The van der Waals surface area contributed by atoms with Crippen molar-refractivity contribution >= 4 is 0 Å². The predicted molar refractivity (Wildman–Crippen MR) is 31.9 cm³/mol. The van der Waals surface area contributed by atoms with Crippen LogP contribution in [-0.2, 0) is 12.2 Å². The molecule has 1 rings (SSSR count). The van der Waals surface area contributed by atoms with Crippen LogP contribution in [0.4, 0.5) is 22.0 Å².